The van der Waals surface area contributed by atoms with E-state index < -0.39 is 38.2 Å². The molecule has 2 saturated heterocycles. The predicted molar refractivity (Wildman–Crippen MR) is 527 cm³/mol. The molecular weight excluding hydrogens is 1900 g/mol. The third kappa shape index (κ3) is 35.2. The van der Waals surface area contributed by atoms with Crippen LogP contribution in [0, 0.1) is 0 Å². The van der Waals surface area contributed by atoms with Crippen LogP contribution in [-0.2, 0) is 43.5 Å². The van der Waals surface area contributed by atoms with Crippen molar-refractivity contribution in [1.82, 2.24) is 58.3 Å². The average molecular weight is 2010 g/mol. The van der Waals surface area contributed by atoms with E-state index >= 15 is 0 Å². The van der Waals surface area contributed by atoms with Crippen LogP contribution >= 0.6 is 34.8 Å². The number of alkyl halides is 11. The number of nitrogens with one attached hydrogen (secondary N) is 5. The maximum Gasteiger partial charge on any atom is 1.00 e. The number of halogens is 12. The summed E-state index contributed by atoms with van der Waals surface area (Å²) in [5.74, 6) is 2.05. The van der Waals surface area contributed by atoms with Crippen LogP contribution in [0.15, 0.2) is 177 Å². The van der Waals surface area contributed by atoms with E-state index in [4.69, 9.17) is 64.2 Å². The Labute approximate surface area is 853 Å². The van der Waals surface area contributed by atoms with Gasteiger partial charge in [-0.15, -0.1) is 23.2 Å². The zero-order valence-corrected chi connectivity index (χ0v) is 84.6. The summed E-state index contributed by atoms with van der Waals surface area (Å²) >= 11 is 15.7. The molecule has 0 aliphatic carbocycles. The summed E-state index contributed by atoms with van der Waals surface area (Å²) in [5.41, 5.74) is 16.2. The number of rotatable bonds is 34. The number of nitrogen functional groups attached to an aromatic ring is 1. The van der Waals surface area contributed by atoms with Gasteiger partial charge in [-0.2, -0.15) is 39.5 Å². The van der Waals surface area contributed by atoms with E-state index in [-0.39, 0.29) is 110 Å². The molecule has 2 amide bonds. The first-order valence-corrected chi connectivity index (χ1v) is 44.7. The molecular formula is C95H116Cl3F9KN21O9. The van der Waals surface area contributed by atoms with Gasteiger partial charge in [0.2, 0.25) is 34.9 Å². The summed E-state index contributed by atoms with van der Waals surface area (Å²) in [4.78, 5) is 73.4. The molecule has 43 heteroatoms. The fraction of sp³-hybridized carbons (Fsp3) is 0.379. The molecule has 0 radical (unpaired) electrons. The molecule has 0 bridgehead atoms. The first kappa shape index (κ1) is 114. The number of anilines is 12. The van der Waals surface area contributed by atoms with Gasteiger partial charge < -0.3 is 105 Å². The molecule has 0 unspecified atom stereocenters. The quantitative estimate of drug-likeness (QED) is 0.00545. The van der Waals surface area contributed by atoms with E-state index in [0.29, 0.717) is 137 Å². The molecule has 8 heterocycles. The first-order chi connectivity index (χ1) is 64.8. The van der Waals surface area contributed by atoms with Crippen LogP contribution in [0.2, 0.25) is 0 Å². The van der Waals surface area contributed by atoms with Gasteiger partial charge in [0, 0.05) is 216 Å². The fourth-order valence-electron chi connectivity index (χ4n) is 14.1. The number of aromatic nitrogens is 9. The van der Waals surface area contributed by atoms with Crippen LogP contribution in [0.4, 0.5) is 109 Å². The van der Waals surface area contributed by atoms with Crippen molar-refractivity contribution >= 4 is 154 Å². The zero-order chi connectivity index (χ0) is 99.0. The Morgan fingerprint density at radius 1 is 0.457 bits per heavy atom. The van der Waals surface area contributed by atoms with Gasteiger partial charge in [0.25, 0.3) is 0 Å². The molecule has 12 aromatic rings. The van der Waals surface area contributed by atoms with Crippen molar-refractivity contribution in [2.45, 2.75) is 76.7 Å². The van der Waals surface area contributed by atoms with Gasteiger partial charge in [0.05, 0.1) is 89.6 Å². The molecule has 6 aromatic carbocycles. The summed E-state index contributed by atoms with van der Waals surface area (Å²) < 4.78 is 149. The number of nitrogens with zero attached hydrogens (tertiary/aromatic N) is 15. The van der Waals surface area contributed by atoms with Gasteiger partial charge in [0.1, 0.15) is 36.9 Å². The molecule has 30 nitrogen and oxygen atoms in total. The van der Waals surface area contributed by atoms with Gasteiger partial charge in [-0.25, -0.2) is 29.9 Å². The minimum absolute atomic E-state index is 0. The van der Waals surface area contributed by atoms with Crippen LogP contribution in [0.5, 0.6) is 17.2 Å². The standard InChI is InChI=1S/C29H33ClF3N7O2.C29H32F3N7O2.C26H30F3N7O.2C4H8O.C3H4Cl2O.K.H2O/c1-38(2)13-14-39(3)25-16-26(42-4)23(15-22(25)35-27(41)9-11-30)37-28-34-12-10-21(36-28)20-17-40(18-29(31,32)33)24-8-6-5-7-19(20)24;1-6-27(40)34-22-15-23(26(41-5)16-25(22)38(4)14-13-37(2)3)36-28-33-12-11-21(35-28)20-17-39(18-29(30,31)32)24-10-8-7-9-19(20)24;1-34(2)11-12-35(3)23-14-24(37-4)21(13-19(23)30)33-25-31-10-9-20(32-25)18-15-36(16-26(27,28)29)22-8-6-5-7-17(18)22;2*1-2-4-5-3-1;4-2-1-3(5)6;;/h5-8,10,12,15-17H,9,11,13-14,18H2,1-4H3,(H,35,41)(H,34,36,37);6-12,15-17H,1,13-14,18H2,2-5H3,(H,34,40)(H,33,35,36);5-10,13-15H,11-12,16,30H2,1-4H3,(H,31,32,33);2*1-4H2;1-2H2;;1H2/q;;;;;;+1;/p-1. The maximum atomic E-state index is 13.3. The van der Waals surface area contributed by atoms with Crippen molar-refractivity contribution in [3.05, 3.63) is 177 Å². The van der Waals surface area contributed by atoms with Crippen LogP contribution in [0.3, 0.4) is 0 Å². The normalized spacial score (nSPS) is 12.2. The van der Waals surface area contributed by atoms with Crippen molar-refractivity contribution in [3.8, 4) is 51.0 Å². The number of carbonyl (C=O) groups is 3. The molecule has 14 rings (SSSR count). The van der Waals surface area contributed by atoms with Crippen molar-refractivity contribution in [2.75, 3.05) is 209 Å². The Balaban J connectivity index is 0.000000258. The van der Waals surface area contributed by atoms with Crippen LogP contribution in [-0.4, -0.2) is 262 Å². The number of benzene rings is 6. The van der Waals surface area contributed by atoms with Gasteiger partial charge >= 0.3 is 69.9 Å². The maximum absolute atomic E-state index is 13.3. The Morgan fingerprint density at radius 2 is 0.768 bits per heavy atom. The van der Waals surface area contributed by atoms with Crippen LogP contribution in [0.25, 0.3) is 66.5 Å². The van der Waals surface area contributed by atoms with E-state index in [9.17, 15) is 53.9 Å². The second kappa shape index (κ2) is 55.2. The predicted octanol–water partition coefficient (Wildman–Crippen LogP) is 16.3. The van der Waals surface area contributed by atoms with Gasteiger partial charge in [-0.05, 0) is 140 Å². The molecule has 2 fully saturated rings. The number of amides is 2. The number of carbonyl (C=O) groups excluding carboxylic acids is 3. The Hall–Kier alpha value is -10.8. The second-order valence-corrected chi connectivity index (χ2v) is 33.3. The summed E-state index contributed by atoms with van der Waals surface area (Å²) in [7, 11) is 22.3. The molecule has 0 spiro atoms. The van der Waals surface area contributed by atoms with Crippen LogP contribution in [0.1, 0.15) is 38.5 Å². The van der Waals surface area contributed by atoms with Gasteiger partial charge in [-0.3, -0.25) is 14.4 Å². The number of methoxy groups -OCH3 is 3. The molecule has 8 N–H and O–H groups in total. The first-order valence-electron chi connectivity index (χ1n) is 43.2. The van der Waals surface area contributed by atoms with E-state index in [0.717, 1.165) is 69.7 Å². The molecule has 2 aliphatic heterocycles. The van der Waals surface area contributed by atoms with E-state index in [1.54, 1.807) is 129 Å². The second-order valence-electron chi connectivity index (χ2n) is 32.1. The zero-order valence-electron chi connectivity index (χ0n) is 79.3. The van der Waals surface area contributed by atoms with E-state index in [2.05, 4.69) is 82.7 Å². The Morgan fingerprint density at radius 3 is 1.05 bits per heavy atom. The number of ether oxygens (including phenoxy) is 5. The van der Waals surface area contributed by atoms with Crippen molar-refractivity contribution in [2.24, 2.45) is 0 Å². The Kier molecular flexibility index (Phi) is 45.7. The number of nitrogens with two attached hydrogens (primary N) is 1. The number of para-hydroxylation sites is 3. The van der Waals surface area contributed by atoms with Crippen molar-refractivity contribution in [1.29, 1.82) is 0 Å². The number of likely N-dealkylation sites (N-methyl/N-ethyl adjacent to an activating group) is 6. The molecule has 0 saturated carbocycles. The minimum atomic E-state index is -4.38. The van der Waals surface area contributed by atoms with Gasteiger partial charge in [0.15, 0.2) is 0 Å². The topological polar surface area (TPSA) is 325 Å². The fourth-order valence-corrected chi connectivity index (χ4v) is 14.6. The average Bonchev–Trinajstić information content (AvgIpc) is 1.50. The third-order valence-electron chi connectivity index (χ3n) is 20.8. The third-order valence-corrected chi connectivity index (χ3v) is 21.4. The number of hydrogen-bond acceptors (Lipinski definition) is 25. The molecule has 6 aromatic heterocycles. The molecule has 0 atom stereocenters. The molecule has 2 aliphatic rings. The van der Waals surface area contributed by atoms with E-state index in [1.165, 1.54) is 90.7 Å². The summed E-state index contributed by atoms with van der Waals surface area (Å²) in [6.07, 6.45) is 2.59. The largest absolute Gasteiger partial charge is 1.00 e. The van der Waals surface area contributed by atoms with Gasteiger partial charge in [-0.1, -0.05) is 61.2 Å². The summed E-state index contributed by atoms with van der Waals surface area (Å²) in [6, 6.07) is 36.3. The SMILES string of the molecule is C1CCOC1.C1CCOC1.C=CC(=O)Nc1cc(Nc2nccc(-c3cn(CC(F)(F)F)c4ccccc34)n2)c(OC)cc1N(C)CCN(C)C.COc1cc(N(C)CCN(C)C)c(N)cc1Nc1nccc(-c2cn(CC(F)(F)F)c3ccccc23)n1.COc1cc(N(C)CCN(C)C)c(NC(=O)CCCl)cc1Nc1nccc(-c2cn(CC(F)(F)F)c3ccccc23)n1.O=C(Cl)CCCl.[K+].[OH-]. The monoisotopic (exact) mass is 2010 g/mol. The Bertz CT molecular complexity index is 5900. The molecule has 138 heavy (non-hydrogen) atoms. The number of fused-ring (bicyclic) bond motifs is 3. The summed E-state index contributed by atoms with van der Waals surface area (Å²) in [5, 5.41) is 16.8. The van der Waals surface area contributed by atoms with Crippen molar-refractivity contribution < 1.29 is 134 Å². The summed E-state index contributed by atoms with van der Waals surface area (Å²) in [6.45, 7) is 8.80. The van der Waals surface area contributed by atoms with Crippen LogP contribution < -0.4 is 113 Å². The van der Waals surface area contributed by atoms with E-state index in [1.807, 2.05) is 85.4 Å². The minimum Gasteiger partial charge on any atom is -0.870 e. The smallest absolute Gasteiger partial charge is 0.870 e. The molecule has 740 valence electrons. The van der Waals surface area contributed by atoms with Crippen molar-refractivity contribution in [3.63, 3.8) is 0 Å². The number of hydrogen-bond donors (Lipinski definition) is 6.